The van der Waals surface area contributed by atoms with Gasteiger partial charge in [0.2, 0.25) is 0 Å². The molecule has 1 aliphatic carbocycles. The predicted octanol–water partition coefficient (Wildman–Crippen LogP) is 4.31. The topological polar surface area (TPSA) is 9.23 Å². The molecule has 0 spiro atoms. The van der Waals surface area contributed by atoms with Crippen molar-refractivity contribution in [3.63, 3.8) is 0 Å². The monoisotopic (exact) mass is 308 g/mol. The lowest BCUT2D eigenvalue weighted by atomic mass is 9.99. The van der Waals surface area contributed by atoms with Gasteiger partial charge in [-0.2, -0.15) is 0 Å². The highest BCUT2D eigenvalue weighted by molar-refractivity contribution is 9.09. The third-order valence-electron chi connectivity index (χ3n) is 3.03. The highest BCUT2D eigenvalue weighted by Crippen LogP contribution is 2.45. The van der Waals surface area contributed by atoms with Gasteiger partial charge in [-0.15, -0.1) is 11.3 Å². The van der Waals surface area contributed by atoms with E-state index in [4.69, 9.17) is 16.3 Å². The summed E-state index contributed by atoms with van der Waals surface area (Å²) >= 11 is 11.6. The van der Waals surface area contributed by atoms with Crippen LogP contribution in [0.2, 0.25) is 4.34 Å². The number of alkyl halides is 1. The molecule has 84 valence electrons. The van der Waals surface area contributed by atoms with Gasteiger partial charge in [0.05, 0.1) is 4.34 Å². The van der Waals surface area contributed by atoms with Crippen molar-refractivity contribution in [2.24, 2.45) is 5.92 Å². The van der Waals surface area contributed by atoms with Gasteiger partial charge in [-0.1, -0.05) is 27.5 Å². The molecule has 0 saturated heterocycles. The van der Waals surface area contributed by atoms with Gasteiger partial charge in [-0.05, 0) is 41.7 Å². The maximum Gasteiger partial charge on any atom is 0.0963 e. The fourth-order valence-corrected chi connectivity index (χ4v) is 4.43. The van der Waals surface area contributed by atoms with Crippen LogP contribution in [0.25, 0.3) is 0 Å². The maximum absolute atomic E-state index is 6.18. The van der Waals surface area contributed by atoms with Crippen molar-refractivity contribution in [2.75, 3.05) is 13.7 Å². The summed E-state index contributed by atoms with van der Waals surface area (Å²) in [6.07, 6.45) is 2.37. The number of ether oxygens (including phenoxy) is 1. The summed E-state index contributed by atoms with van der Waals surface area (Å²) in [5.74, 6) is 1.23. The van der Waals surface area contributed by atoms with E-state index in [0.717, 1.165) is 10.9 Å². The van der Waals surface area contributed by atoms with Gasteiger partial charge in [0.15, 0.2) is 0 Å². The minimum absolute atomic E-state index is 0.546. The van der Waals surface area contributed by atoms with Crippen LogP contribution < -0.4 is 0 Å². The van der Waals surface area contributed by atoms with Gasteiger partial charge in [-0.3, -0.25) is 0 Å². The summed E-state index contributed by atoms with van der Waals surface area (Å²) in [6.45, 7) is 0.861. The van der Waals surface area contributed by atoms with Crippen LogP contribution in [0, 0.1) is 5.92 Å². The first kappa shape index (κ1) is 11.9. The summed E-state index contributed by atoms with van der Waals surface area (Å²) < 4.78 is 6.17. The Morgan fingerprint density at radius 3 is 3.00 bits per heavy atom. The van der Waals surface area contributed by atoms with E-state index in [9.17, 15) is 0 Å². The van der Waals surface area contributed by atoms with Crippen LogP contribution in [0.3, 0.4) is 0 Å². The number of hydrogen-bond donors (Lipinski definition) is 0. The Kier molecular flexibility index (Phi) is 4.10. The Morgan fingerprint density at radius 2 is 2.40 bits per heavy atom. The lowest BCUT2D eigenvalue weighted by Gasteiger charge is -2.12. The van der Waals surface area contributed by atoms with E-state index in [2.05, 4.69) is 27.4 Å². The van der Waals surface area contributed by atoms with Crippen LogP contribution in [-0.4, -0.2) is 18.5 Å². The normalized spacial score (nSPS) is 31.0. The molecule has 0 radical (unpaired) electrons. The standard InChI is InChI=1S/C11H14BrClOS/c1-14-6-7-4-9(10(12)5-7)8-2-3-15-11(8)13/h2-3,7,9-10H,4-6H2,1H3. The molecule has 1 fully saturated rings. The van der Waals surface area contributed by atoms with Crippen LogP contribution in [-0.2, 0) is 4.74 Å². The Balaban J connectivity index is 2.08. The SMILES string of the molecule is COCC1CC(Br)C(c2ccsc2Cl)C1. The summed E-state index contributed by atoms with van der Waals surface area (Å²) in [4.78, 5) is 0.546. The number of halogens is 2. The molecule has 1 heterocycles. The molecule has 4 heteroatoms. The highest BCUT2D eigenvalue weighted by Gasteiger charge is 2.34. The molecule has 2 rings (SSSR count). The van der Waals surface area contributed by atoms with Gasteiger partial charge in [0, 0.05) is 18.5 Å². The van der Waals surface area contributed by atoms with E-state index in [0.29, 0.717) is 16.7 Å². The Labute approximate surface area is 108 Å². The second-order valence-electron chi connectivity index (χ2n) is 4.06. The molecule has 0 aromatic carbocycles. The predicted molar refractivity (Wildman–Crippen MR) is 69.4 cm³/mol. The lowest BCUT2D eigenvalue weighted by molar-refractivity contribution is 0.154. The first-order valence-corrected chi connectivity index (χ1v) is 7.25. The van der Waals surface area contributed by atoms with E-state index in [-0.39, 0.29) is 0 Å². The van der Waals surface area contributed by atoms with Crippen LogP contribution in [0.5, 0.6) is 0 Å². The molecular weight excluding hydrogens is 296 g/mol. The Hall–Kier alpha value is 0.430. The van der Waals surface area contributed by atoms with Gasteiger partial charge in [-0.25, -0.2) is 0 Å². The summed E-state index contributed by atoms with van der Waals surface area (Å²) in [5, 5.41) is 2.07. The van der Waals surface area contributed by atoms with Crippen LogP contribution in [0.4, 0.5) is 0 Å². The highest BCUT2D eigenvalue weighted by atomic mass is 79.9. The molecule has 0 bridgehead atoms. The number of hydrogen-bond acceptors (Lipinski definition) is 2. The molecule has 1 aliphatic rings. The Bertz CT molecular complexity index is 328. The number of thiophene rings is 1. The largest absolute Gasteiger partial charge is 0.384 e. The summed E-state index contributed by atoms with van der Waals surface area (Å²) in [6, 6.07) is 2.15. The van der Waals surface area contributed by atoms with E-state index in [1.165, 1.54) is 18.4 Å². The minimum atomic E-state index is 0.546. The average Bonchev–Trinajstić information content (AvgIpc) is 2.73. The van der Waals surface area contributed by atoms with Gasteiger partial charge in [0.1, 0.15) is 0 Å². The third kappa shape index (κ3) is 2.57. The van der Waals surface area contributed by atoms with E-state index in [1.54, 1.807) is 18.4 Å². The maximum atomic E-state index is 6.18. The number of rotatable bonds is 3. The van der Waals surface area contributed by atoms with E-state index in [1.807, 2.05) is 0 Å². The van der Waals surface area contributed by atoms with E-state index < -0.39 is 0 Å². The van der Waals surface area contributed by atoms with Crippen LogP contribution in [0.15, 0.2) is 11.4 Å². The first-order chi connectivity index (χ1) is 7.22. The van der Waals surface area contributed by atoms with Crippen molar-refractivity contribution >= 4 is 38.9 Å². The Morgan fingerprint density at radius 1 is 1.60 bits per heavy atom. The molecule has 1 saturated carbocycles. The lowest BCUT2D eigenvalue weighted by Crippen LogP contribution is -2.03. The second kappa shape index (κ2) is 5.17. The molecule has 1 aromatic rings. The molecule has 3 unspecified atom stereocenters. The second-order valence-corrected chi connectivity index (χ2v) is 6.76. The molecule has 0 N–H and O–H groups in total. The van der Waals surface area contributed by atoms with Crippen molar-refractivity contribution in [2.45, 2.75) is 23.6 Å². The quantitative estimate of drug-likeness (QED) is 0.756. The zero-order valence-corrected chi connectivity index (χ0v) is 11.7. The molecule has 1 nitrogen and oxygen atoms in total. The number of methoxy groups -OCH3 is 1. The average molecular weight is 310 g/mol. The third-order valence-corrected chi connectivity index (χ3v) is 5.24. The molecule has 3 atom stereocenters. The van der Waals surface area contributed by atoms with E-state index >= 15 is 0 Å². The van der Waals surface area contributed by atoms with Crippen molar-refractivity contribution in [1.29, 1.82) is 0 Å². The molecule has 15 heavy (non-hydrogen) atoms. The zero-order chi connectivity index (χ0) is 10.8. The molecule has 0 aliphatic heterocycles. The van der Waals surface area contributed by atoms with Gasteiger partial charge < -0.3 is 4.74 Å². The fraction of sp³-hybridized carbons (Fsp3) is 0.636. The smallest absolute Gasteiger partial charge is 0.0963 e. The minimum Gasteiger partial charge on any atom is -0.384 e. The zero-order valence-electron chi connectivity index (χ0n) is 8.58. The van der Waals surface area contributed by atoms with Crippen molar-refractivity contribution in [3.8, 4) is 0 Å². The summed E-state index contributed by atoms with van der Waals surface area (Å²) in [7, 11) is 1.77. The van der Waals surface area contributed by atoms with Crippen LogP contribution >= 0.6 is 38.9 Å². The van der Waals surface area contributed by atoms with Crippen molar-refractivity contribution in [3.05, 3.63) is 21.3 Å². The van der Waals surface area contributed by atoms with Gasteiger partial charge in [0.25, 0.3) is 0 Å². The first-order valence-electron chi connectivity index (χ1n) is 5.08. The van der Waals surface area contributed by atoms with Crippen molar-refractivity contribution < 1.29 is 4.74 Å². The molecule has 0 amide bonds. The summed E-state index contributed by atoms with van der Waals surface area (Å²) in [5.41, 5.74) is 1.31. The van der Waals surface area contributed by atoms with Crippen LogP contribution in [0.1, 0.15) is 24.3 Å². The molecule has 1 aromatic heterocycles. The van der Waals surface area contributed by atoms with Gasteiger partial charge >= 0.3 is 0 Å². The molecular formula is C11H14BrClOS. The fourth-order valence-electron chi connectivity index (χ4n) is 2.35. The van der Waals surface area contributed by atoms with Crippen molar-refractivity contribution in [1.82, 2.24) is 0 Å².